The van der Waals surface area contributed by atoms with Crippen molar-refractivity contribution in [1.29, 1.82) is 10.8 Å². The van der Waals surface area contributed by atoms with E-state index in [2.05, 4.69) is 35.6 Å². The zero-order valence-corrected chi connectivity index (χ0v) is 37.6. The zero-order chi connectivity index (χ0) is 50.0. The number of carbonyl (C=O) groups excluding carboxylic acids is 1. The molecule has 0 spiro atoms. The molecule has 70 heavy (non-hydrogen) atoms. The van der Waals surface area contributed by atoms with E-state index in [9.17, 15) is 31.5 Å². The number of carbonyl (C=O) groups is 1. The predicted octanol–water partition coefficient (Wildman–Crippen LogP) is 7.22. The second-order valence-electron chi connectivity index (χ2n) is 15.9. The molecule has 2 N–H and O–H groups in total. The van der Waals surface area contributed by atoms with Gasteiger partial charge in [0.2, 0.25) is 6.41 Å². The van der Waals surface area contributed by atoms with E-state index in [0.29, 0.717) is 46.1 Å². The smallest absolute Gasteiger partial charge is 0.422 e. The molecule has 0 saturated heterocycles. The summed E-state index contributed by atoms with van der Waals surface area (Å²) in [5.74, 6) is -0.954. The largest absolute Gasteiger partial charge is 0.482 e. The van der Waals surface area contributed by atoms with Gasteiger partial charge in [0.15, 0.2) is 46.7 Å². The number of hydrogen-bond donors (Lipinski definition) is 2. The van der Waals surface area contributed by atoms with Crippen molar-refractivity contribution < 1.29 is 40.5 Å². The summed E-state index contributed by atoms with van der Waals surface area (Å²) >= 11 is 0. The van der Waals surface area contributed by atoms with Gasteiger partial charge in [0, 0.05) is 78.6 Å². The molecular formula is C46H39F5N14O5. The lowest BCUT2D eigenvalue weighted by Gasteiger charge is -2.16. The van der Waals surface area contributed by atoms with Gasteiger partial charge in [-0.1, -0.05) is 10.3 Å². The van der Waals surface area contributed by atoms with Crippen molar-refractivity contribution in [3.05, 3.63) is 148 Å². The number of aromatic nitrogens is 11. The SMILES string of the molecule is Cc1cc(-c2cc(F)c(=N)n(C(=N)CN(C=O)/C=C\c3ncc(-c4cnn(C)c4)cc3C)c2)on1.Cc1cc(-c2cc(F)c3nnc(C(C)n4ccc5ncc(OCC(F)(F)F)cc5c4=O)n3c2)on1. The molecule has 24 heteroatoms. The lowest BCUT2D eigenvalue weighted by atomic mass is 10.1. The predicted molar refractivity (Wildman–Crippen MR) is 241 cm³/mol. The number of ether oxygens (including phenoxy) is 1. The monoisotopic (exact) mass is 962 g/mol. The van der Waals surface area contributed by atoms with Crippen molar-refractivity contribution in [1.82, 2.24) is 58.7 Å². The minimum absolute atomic E-state index is 0.0508. The van der Waals surface area contributed by atoms with Crippen molar-refractivity contribution in [3.8, 4) is 39.5 Å². The number of rotatable bonds is 12. The quantitative estimate of drug-likeness (QED) is 0.0535. The van der Waals surface area contributed by atoms with Crippen LogP contribution in [-0.2, 0) is 11.8 Å². The summed E-state index contributed by atoms with van der Waals surface area (Å²) in [6, 6.07) is 9.64. The van der Waals surface area contributed by atoms with Crippen molar-refractivity contribution in [2.45, 2.75) is 39.9 Å². The van der Waals surface area contributed by atoms with E-state index < -0.39 is 41.5 Å². The third kappa shape index (κ3) is 10.3. The van der Waals surface area contributed by atoms with Gasteiger partial charge in [-0.3, -0.25) is 44.0 Å². The van der Waals surface area contributed by atoms with Gasteiger partial charge in [-0.05, 0) is 69.7 Å². The number of halogens is 5. The average molecular weight is 963 g/mol. The molecular weight excluding hydrogens is 924 g/mol. The molecule has 0 aliphatic heterocycles. The second-order valence-corrected chi connectivity index (χ2v) is 15.9. The van der Waals surface area contributed by atoms with Crippen LogP contribution in [0.15, 0.2) is 106 Å². The van der Waals surface area contributed by atoms with Gasteiger partial charge in [0.1, 0.15) is 11.6 Å². The maximum absolute atomic E-state index is 14.8. The molecule has 0 saturated carbocycles. The molecule has 9 aromatic heterocycles. The van der Waals surface area contributed by atoms with E-state index in [0.717, 1.165) is 33.5 Å². The van der Waals surface area contributed by atoms with Gasteiger partial charge in [0.25, 0.3) is 5.56 Å². The van der Waals surface area contributed by atoms with Crippen molar-refractivity contribution >= 4 is 34.9 Å². The normalized spacial score (nSPS) is 12.1. The molecule has 9 rings (SSSR count). The number of aryl methyl sites for hydroxylation is 4. The highest BCUT2D eigenvalue weighted by molar-refractivity contribution is 5.86. The third-order valence-corrected chi connectivity index (χ3v) is 10.6. The summed E-state index contributed by atoms with van der Waals surface area (Å²) in [5, 5.41) is 36.2. The molecule has 1 amide bonds. The molecule has 0 aliphatic rings. The molecule has 0 fully saturated rings. The molecule has 1 unspecified atom stereocenters. The number of hydrogen-bond acceptors (Lipinski definition) is 14. The minimum atomic E-state index is -4.53. The van der Waals surface area contributed by atoms with Crippen LogP contribution in [0.2, 0.25) is 0 Å². The van der Waals surface area contributed by atoms with Crippen LogP contribution in [0.4, 0.5) is 22.0 Å². The van der Waals surface area contributed by atoms with Crippen LogP contribution in [-0.4, -0.2) is 90.3 Å². The molecule has 0 aliphatic carbocycles. The Hall–Kier alpha value is -8.96. The van der Waals surface area contributed by atoms with Crippen LogP contribution in [0, 0.1) is 43.2 Å². The van der Waals surface area contributed by atoms with E-state index in [1.165, 1.54) is 50.7 Å². The molecule has 0 bridgehead atoms. The minimum Gasteiger partial charge on any atom is -0.482 e. The van der Waals surface area contributed by atoms with Crippen molar-refractivity contribution in [3.63, 3.8) is 0 Å². The highest BCUT2D eigenvalue weighted by atomic mass is 19.4. The maximum Gasteiger partial charge on any atom is 0.422 e. The summed E-state index contributed by atoms with van der Waals surface area (Å²) < 4.78 is 87.2. The van der Waals surface area contributed by atoms with Crippen LogP contribution >= 0.6 is 0 Å². The second kappa shape index (κ2) is 19.3. The van der Waals surface area contributed by atoms with E-state index in [1.54, 1.807) is 62.3 Å². The summed E-state index contributed by atoms with van der Waals surface area (Å²) in [5.41, 5.74) is 4.54. The fourth-order valence-corrected chi connectivity index (χ4v) is 7.12. The summed E-state index contributed by atoms with van der Waals surface area (Å²) in [6.45, 7) is 5.32. The number of amides is 1. The fourth-order valence-electron chi connectivity index (χ4n) is 7.12. The lowest BCUT2D eigenvalue weighted by Crippen LogP contribution is -2.35. The van der Waals surface area contributed by atoms with Gasteiger partial charge >= 0.3 is 6.18 Å². The van der Waals surface area contributed by atoms with Crippen LogP contribution in [0.25, 0.3) is 56.4 Å². The topological polar surface area (TPSA) is 230 Å². The van der Waals surface area contributed by atoms with E-state index in [-0.39, 0.29) is 40.5 Å². The van der Waals surface area contributed by atoms with Gasteiger partial charge in [-0.15, -0.1) is 10.2 Å². The van der Waals surface area contributed by atoms with Crippen LogP contribution < -0.4 is 15.8 Å². The standard InChI is InChI=1S/C24H23FN8O2.C22H16F4N6O3/c1-15-6-17(19-10-29-31(3)11-19)9-28-21(15)4-5-32(14-34)13-23(26)33-12-18(8-20(25)24(33)27)22-7-16(2)30-35-22;1-11-5-18(35-30-11)13-6-16(23)20-29-28-19(32(20)9-13)12(2)31-4-3-17-15(21(31)33)7-14(8-27-17)34-10-22(24,25)26/h4-12,14,26-27H,13H2,1-3H3;3-9,12H,10H2,1-2H3/b5-4-,26-23?,27-24?;. The summed E-state index contributed by atoms with van der Waals surface area (Å²) in [7, 11) is 1.84. The van der Waals surface area contributed by atoms with Crippen molar-refractivity contribution in [2.75, 3.05) is 13.2 Å². The van der Waals surface area contributed by atoms with Gasteiger partial charge in [-0.2, -0.15) is 18.3 Å². The Morgan fingerprint density at radius 3 is 2.21 bits per heavy atom. The Kier molecular flexibility index (Phi) is 13.1. The first-order valence-electron chi connectivity index (χ1n) is 20.9. The first kappa shape index (κ1) is 47.5. The number of pyridine rings is 5. The molecule has 358 valence electrons. The van der Waals surface area contributed by atoms with E-state index >= 15 is 0 Å². The molecule has 9 heterocycles. The van der Waals surface area contributed by atoms with E-state index in [1.807, 2.05) is 26.2 Å². The zero-order valence-electron chi connectivity index (χ0n) is 37.6. The first-order valence-corrected chi connectivity index (χ1v) is 20.9. The van der Waals surface area contributed by atoms with Gasteiger partial charge < -0.3 is 23.3 Å². The maximum atomic E-state index is 14.8. The summed E-state index contributed by atoms with van der Waals surface area (Å²) in [6.07, 6.45) is 10.1. The van der Waals surface area contributed by atoms with Crippen LogP contribution in [0.5, 0.6) is 5.75 Å². The number of alkyl halides is 3. The highest BCUT2D eigenvalue weighted by Crippen LogP contribution is 2.27. The Balaban J connectivity index is 0.000000188. The van der Waals surface area contributed by atoms with E-state index in [4.69, 9.17) is 24.6 Å². The average Bonchev–Trinajstić information content (AvgIpc) is 4.16. The molecule has 9 aromatic rings. The number of nitrogens with one attached hydrogen (secondary N) is 2. The van der Waals surface area contributed by atoms with Crippen LogP contribution in [0.1, 0.15) is 41.4 Å². The molecule has 0 aromatic carbocycles. The van der Waals surface area contributed by atoms with Crippen molar-refractivity contribution in [2.24, 2.45) is 7.05 Å². The molecule has 0 radical (unpaired) electrons. The number of nitrogens with zero attached hydrogens (tertiary/aromatic N) is 12. The van der Waals surface area contributed by atoms with Gasteiger partial charge in [0.05, 0.1) is 53.0 Å². The Morgan fingerprint density at radius 1 is 0.886 bits per heavy atom. The third-order valence-electron chi connectivity index (χ3n) is 10.6. The lowest BCUT2D eigenvalue weighted by molar-refractivity contribution is -0.153. The van der Waals surface area contributed by atoms with Crippen LogP contribution in [0.3, 0.4) is 0 Å². The first-order chi connectivity index (χ1) is 33.3. The summed E-state index contributed by atoms with van der Waals surface area (Å²) in [4.78, 5) is 34.5. The fraction of sp³-hybridized carbons (Fsp3) is 0.196. The van der Waals surface area contributed by atoms with Gasteiger partial charge in [-0.25, -0.2) is 8.78 Å². The Bertz CT molecular complexity index is 3590. The number of fused-ring (bicyclic) bond motifs is 2. The molecule has 19 nitrogen and oxygen atoms in total. The highest BCUT2D eigenvalue weighted by Gasteiger charge is 2.29. The Labute approximate surface area is 391 Å². The molecule has 1 atom stereocenters. The Morgan fingerprint density at radius 2 is 1.59 bits per heavy atom.